The topological polar surface area (TPSA) is 4.93 Å². The van der Waals surface area contributed by atoms with Crippen LogP contribution in [0.4, 0.5) is 0 Å². The van der Waals surface area contributed by atoms with Crippen molar-refractivity contribution < 1.29 is 0 Å². The summed E-state index contributed by atoms with van der Waals surface area (Å²) >= 11 is 0. The van der Waals surface area contributed by atoms with Crippen molar-refractivity contribution in [2.75, 3.05) is 0 Å². The molecular formula is C10H17N. The minimum Gasteiger partial charge on any atom is -0.354 e. The van der Waals surface area contributed by atoms with Gasteiger partial charge in [-0.05, 0) is 30.9 Å². The van der Waals surface area contributed by atoms with E-state index in [1.165, 1.54) is 19.4 Å². The third-order valence-corrected chi connectivity index (χ3v) is 1.86. The molecule has 0 N–H and O–H groups in total. The van der Waals surface area contributed by atoms with Gasteiger partial charge in [0.1, 0.15) is 0 Å². The molecule has 0 amide bonds. The maximum Gasteiger partial charge on any atom is 0.0219 e. The largest absolute Gasteiger partial charge is 0.354 e. The van der Waals surface area contributed by atoms with Gasteiger partial charge in [-0.1, -0.05) is 13.8 Å². The number of aryl methyl sites for hydroxylation is 1. The Balaban J connectivity index is 2.14. The molecule has 1 nitrogen and oxygen atoms in total. The van der Waals surface area contributed by atoms with E-state index in [-0.39, 0.29) is 0 Å². The zero-order valence-corrected chi connectivity index (χ0v) is 7.46. The highest BCUT2D eigenvalue weighted by Crippen LogP contribution is 2.05. The van der Waals surface area contributed by atoms with Gasteiger partial charge in [-0.15, -0.1) is 0 Å². The third kappa shape index (κ3) is 3.26. The van der Waals surface area contributed by atoms with Gasteiger partial charge in [0.2, 0.25) is 0 Å². The number of hydrogen-bond donors (Lipinski definition) is 0. The molecule has 0 saturated carbocycles. The van der Waals surface area contributed by atoms with E-state index in [0.717, 1.165) is 5.92 Å². The predicted octanol–water partition coefficient (Wildman–Crippen LogP) is 2.92. The number of rotatable bonds is 4. The molecule has 1 aromatic rings. The van der Waals surface area contributed by atoms with Gasteiger partial charge in [0.25, 0.3) is 0 Å². The summed E-state index contributed by atoms with van der Waals surface area (Å²) in [7, 11) is 0. The van der Waals surface area contributed by atoms with Crippen LogP contribution in [-0.4, -0.2) is 4.57 Å². The van der Waals surface area contributed by atoms with E-state index in [0.29, 0.717) is 0 Å². The summed E-state index contributed by atoms with van der Waals surface area (Å²) in [6.45, 7) is 5.72. The van der Waals surface area contributed by atoms with Crippen LogP contribution in [-0.2, 0) is 6.54 Å². The second-order valence-electron chi connectivity index (χ2n) is 3.46. The van der Waals surface area contributed by atoms with Crippen LogP contribution in [0.25, 0.3) is 0 Å². The molecule has 0 atom stereocenters. The lowest BCUT2D eigenvalue weighted by Gasteiger charge is -2.04. The molecule has 1 aromatic heterocycles. The number of aromatic nitrogens is 1. The molecule has 0 aliphatic rings. The summed E-state index contributed by atoms with van der Waals surface area (Å²) in [4.78, 5) is 0. The van der Waals surface area contributed by atoms with Gasteiger partial charge in [-0.25, -0.2) is 0 Å². The minimum absolute atomic E-state index is 0.838. The average Bonchev–Trinajstić information content (AvgIpc) is 2.39. The smallest absolute Gasteiger partial charge is 0.0219 e. The molecule has 0 saturated heterocycles. The fraction of sp³-hybridized carbons (Fsp3) is 0.600. The molecule has 1 heteroatoms. The van der Waals surface area contributed by atoms with E-state index in [9.17, 15) is 0 Å². The van der Waals surface area contributed by atoms with Gasteiger partial charge < -0.3 is 4.57 Å². The van der Waals surface area contributed by atoms with Crippen LogP contribution in [0.3, 0.4) is 0 Å². The van der Waals surface area contributed by atoms with E-state index >= 15 is 0 Å². The maximum atomic E-state index is 2.27. The van der Waals surface area contributed by atoms with Crippen LogP contribution >= 0.6 is 0 Å². The summed E-state index contributed by atoms with van der Waals surface area (Å²) in [5, 5.41) is 0. The van der Waals surface area contributed by atoms with Crippen molar-refractivity contribution in [2.45, 2.75) is 33.2 Å². The molecule has 0 aliphatic heterocycles. The zero-order valence-electron chi connectivity index (χ0n) is 7.46. The Morgan fingerprint density at radius 3 is 2.36 bits per heavy atom. The first-order chi connectivity index (χ1) is 5.29. The van der Waals surface area contributed by atoms with Crippen molar-refractivity contribution in [3.63, 3.8) is 0 Å². The van der Waals surface area contributed by atoms with Crippen molar-refractivity contribution >= 4 is 0 Å². The third-order valence-electron chi connectivity index (χ3n) is 1.86. The van der Waals surface area contributed by atoms with Crippen LogP contribution in [0.5, 0.6) is 0 Å². The Kier molecular flexibility index (Phi) is 3.21. The minimum atomic E-state index is 0.838. The highest BCUT2D eigenvalue weighted by atomic mass is 14.9. The lowest BCUT2D eigenvalue weighted by molar-refractivity contribution is 0.513. The molecule has 0 bridgehead atoms. The molecule has 11 heavy (non-hydrogen) atoms. The van der Waals surface area contributed by atoms with Crippen LogP contribution in [0, 0.1) is 5.92 Å². The van der Waals surface area contributed by atoms with E-state index in [2.05, 4.69) is 42.9 Å². The molecule has 0 spiro atoms. The Morgan fingerprint density at radius 1 is 1.18 bits per heavy atom. The molecule has 0 unspecified atom stereocenters. The molecule has 0 fully saturated rings. The SMILES string of the molecule is CC(C)CCCn1cccc1. The van der Waals surface area contributed by atoms with Crippen LogP contribution in [0.1, 0.15) is 26.7 Å². The van der Waals surface area contributed by atoms with Gasteiger partial charge in [0.05, 0.1) is 0 Å². The van der Waals surface area contributed by atoms with Crippen molar-refractivity contribution in [2.24, 2.45) is 5.92 Å². The molecular weight excluding hydrogens is 134 g/mol. The van der Waals surface area contributed by atoms with Crippen molar-refractivity contribution in [3.8, 4) is 0 Å². The van der Waals surface area contributed by atoms with E-state index in [1.54, 1.807) is 0 Å². The molecule has 62 valence electrons. The summed E-state index contributed by atoms with van der Waals surface area (Å²) < 4.78 is 2.24. The van der Waals surface area contributed by atoms with Crippen LogP contribution in [0.2, 0.25) is 0 Å². The lowest BCUT2D eigenvalue weighted by atomic mass is 10.1. The van der Waals surface area contributed by atoms with Crippen molar-refractivity contribution in [1.82, 2.24) is 4.57 Å². The van der Waals surface area contributed by atoms with E-state index in [4.69, 9.17) is 0 Å². The van der Waals surface area contributed by atoms with Crippen molar-refractivity contribution in [1.29, 1.82) is 0 Å². The first kappa shape index (κ1) is 8.38. The Morgan fingerprint density at radius 2 is 1.82 bits per heavy atom. The summed E-state index contributed by atoms with van der Waals surface area (Å²) in [5.74, 6) is 0.838. The van der Waals surface area contributed by atoms with Crippen molar-refractivity contribution in [3.05, 3.63) is 24.5 Å². The van der Waals surface area contributed by atoms with Gasteiger partial charge in [-0.3, -0.25) is 0 Å². The van der Waals surface area contributed by atoms with Crippen LogP contribution < -0.4 is 0 Å². The predicted molar refractivity (Wildman–Crippen MR) is 48.5 cm³/mol. The summed E-state index contributed by atoms with van der Waals surface area (Å²) in [6, 6.07) is 4.16. The summed E-state index contributed by atoms with van der Waals surface area (Å²) in [5.41, 5.74) is 0. The Hall–Kier alpha value is -0.720. The fourth-order valence-electron chi connectivity index (χ4n) is 1.20. The van der Waals surface area contributed by atoms with Gasteiger partial charge in [0, 0.05) is 18.9 Å². The standard InChI is InChI=1S/C10H17N/c1-10(2)6-5-9-11-7-3-4-8-11/h3-4,7-8,10H,5-6,9H2,1-2H3. The zero-order chi connectivity index (χ0) is 8.10. The first-order valence-corrected chi connectivity index (χ1v) is 4.40. The molecule has 0 aromatic carbocycles. The maximum absolute atomic E-state index is 2.27. The van der Waals surface area contributed by atoms with E-state index in [1.807, 2.05) is 0 Å². The summed E-state index contributed by atoms with van der Waals surface area (Å²) in [6.07, 6.45) is 6.88. The lowest BCUT2D eigenvalue weighted by Crippen LogP contribution is -1.96. The molecule has 0 aliphatic carbocycles. The van der Waals surface area contributed by atoms with E-state index < -0.39 is 0 Å². The Labute approximate surface area is 69.0 Å². The fourth-order valence-corrected chi connectivity index (χ4v) is 1.20. The van der Waals surface area contributed by atoms with Crippen LogP contribution in [0.15, 0.2) is 24.5 Å². The normalized spacial score (nSPS) is 10.8. The highest BCUT2D eigenvalue weighted by molar-refractivity contribution is 4.89. The quantitative estimate of drug-likeness (QED) is 0.623. The monoisotopic (exact) mass is 151 g/mol. The second-order valence-corrected chi connectivity index (χ2v) is 3.46. The molecule has 1 heterocycles. The van der Waals surface area contributed by atoms with Gasteiger partial charge in [-0.2, -0.15) is 0 Å². The van der Waals surface area contributed by atoms with Gasteiger partial charge >= 0.3 is 0 Å². The average molecular weight is 151 g/mol. The number of hydrogen-bond acceptors (Lipinski definition) is 0. The Bertz CT molecular complexity index is 175. The van der Waals surface area contributed by atoms with Gasteiger partial charge in [0.15, 0.2) is 0 Å². The second kappa shape index (κ2) is 4.22. The first-order valence-electron chi connectivity index (χ1n) is 4.40. The molecule has 1 rings (SSSR count). The number of nitrogens with zero attached hydrogens (tertiary/aromatic N) is 1. The highest BCUT2D eigenvalue weighted by Gasteiger charge is 1.93. The molecule has 0 radical (unpaired) electrons.